The molecule has 1 aromatic rings. The number of hydrogen-bond donors (Lipinski definition) is 2. The molecule has 1 fully saturated rings. The molecule has 0 aliphatic carbocycles. The molecular formula is C13H18ClFN2S. The summed E-state index contributed by atoms with van der Waals surface area (Å²) in [5.74, 6) is 6.58. The first-order valence-corrected chi connectivity index (χ1v) is 7.45. The van der Waals surface area contributed by atoms with Gasteiger partial charge in [0.15, 0.2) is 0 Å². The number of hydrazine groups is 1. The minimum absolute atomic E-state index is 0.101. The van der Waals surface area contributed by atoms with E-state index in [1.165, 1.54) is 18.6 Å². The van der Waals surface area contributed by atoms with Crippen molar-refractivity contribution < 1.29 is 4.39 Å². The number of halogens is 2. The SMILES string of the molecule is CC1(C(Cc2cc(F)ccc2Cl)NN)CCCS1. The van der Waals surface area contributed by atoms with Gasteiger partial charge in [-0.3, -0.25) is 11.3 Å². The molecule has 0 bridgehead atoms. The van der Waals surface area contributed by atoms with Crippen LogP contribution in [0.2, 0.25) is 5.02 Å². The Morgan fingerprint density at radius 2 is 2.39 bits per heavy atom. The van der Waals surface area contributed by atoms with Gasteiger partial charge in [0.25, 0.3) is 0 Å². The molecule has 3 N–H and O–H groups in total. The van der Waals surface area contributed by atoms with Gasteiger partial charge in [-0.25, -0.2) is 4.39 Å². The topological polar surface area (TPSA) is 38.0 Å². The summed E-state index contributed by atoms with van der Waals surface area (Å²) in [6.07, 6.45) is 2.98. The van der Waals surface area contributed by atoms with E-state index in [2.05, 4.69) is 12.3 Å². The second-order valence-electron chi connectivity index (χ2n) is 4.92. The first-order chi connectivity index (χ1) is 8.55. The van der Waals surface area contributed by atoms with Gasteiger partial charge in [0.2, 0.25) is 0 Å². The lowest BCUT2D eigenvalue weighted by molar-refractivity contribution is 0.405. The molecule has 1 aromatic carbocycles. The maximum atomic E-state index is 13.3. The fourth-order valence-electron chi connectivity index (χ4n) is 2.45. The van der Waals surface area contributed by atoms with E-state index >= 15 is 0 Å². The number of benzene rings is 1. The lowest BCUT2D eigenvalue weighted by Gasteiger charge is -2.33. The number of rotatable bonds is 4. The molecule has 2 atom stereocenters. The third kappa shape index (κ3) is 2.99. The van der Waals surface area contributed by atoms with Crippen LogP contribution in [-0.2, 0) is 6.42 Å². The van der Waals surface area contributed by atoms with Crippen LogP contribution in [0.3, 0.4) is 0 Å². The summed E-state index contributed by atoms with van der Waals surface area (Å²) >= 11 is 8.03. The molecule has 0 amide bonds. The minimum Gasteiger partial charge on any atom is -0.271 e. The molecule has 1 aliphatic heterocycles. The smallest absolute Gasteiger partial charge is 0.123 e. The molecular weight excluding hydrogens is 271 g/mol. The summed E-state index contributed by atoms with van der Waals surface area (Å²) in [5.41, 5.74) is 3.69. The van der Waals surface area contributed by atoms with Gasteiger partial charge in [0, 0.05) is 15.8 Å². The maximum absolute atomic E-state index is 13.3. The molecule has 0 radical (unpaired) electrons. The fraction of sp³-hybridized carbons (Fsp3) is 0.538. The molecule has 18 heavy (non-hydrogen) atoms. The number of nitrogens with one attached hydrogen (secondary N) is 1. The van der Waals surface area contributed by atoms with Crippen molar-refractivity contribution in [1.82, 2.24) is 5.43 Å². The van der Waals surface area contributed by atoms with Crippen molar-refractivity contribution in [3.63, 3.8) is 0 Å². The molecule has 1 saturated heterocycles. The van der Waals surface area contributed by atoms with Crippen molar-refractivity contribution in [3.8, 4) is 0 Å². The quantitative estimate of drug-likeness (QED) is 0.660. The first-order valence-electron chi connectivity index (χ1n) is 6.09. The van der Waals surface area contributed by atoms with Crippen LogP contribution < -0.4 is 11.3 Å². The van der Waals surface area contributed by atoms with Crippen LogP contribution >= 0.6 is 23.4 Å². The van der Waals surface area contributed by atoms with Crippen LogP contribution in [0, 0.1) is 5.82 Å². The lowest BCUT2D eigenvalue weighted by Crippen LogP contribution is -2.50. The number of nitrogens with two attached hydrogens (primary N) is 1. The van der Waals surface area contributed by atoms with E-state index in [9.17, 15) is 4.39 Å². The third-order valence-electron chi connectivity index (χ3n) is 3.62. The molecule has 2 unspecified atom stereocenters. The highest BCUT2D eigenvalue weighted by molar-refractivity contribution is 8.00. The van der Waals surface area contributed by atoms with Gasteiger partial charge in [-0.15, -0.1) is 0 Å². The Balaban J connectivity index is 2.17. The van der Waals surface area contributed by atoms with Gasteiger partial charge in [-0.05, 0) is 55.7 Å². The van der Waals surface area contributed by atoms with E-state index in [0.717, 1.165) is 17.7 Å². The van der Waals surface area contributed by atoms with Crippen molar-refractivity contribution in [2.24, 2.45) is 5.84 Å². The van der Waals surface area contributed by atoms with Crippen molar-refractivity contribution in [1.29, 1.82) is 0 Å². The van der Waals surface area contributed by atoms with Gasteiger partial charge in [-0.2, -0.15) is 11.8 Å². The minimum atomic E-state index is -0.255. The Hall–Kier alpha value is -0.290. The first kappa shape index (κ1) is 14.1. The van der Waals surface area contributed by atoms with Crippen LogP contribution in [0.25, 0.3) is 0 Å². The number of hydrogen-bond acceptors (Lipinski definition) is 3. The summed E-state index contributed by atoms with van der Waals surface area (Å²) in [5, 5.41) is 0.600. The van der Waals surface area contributed by atoms with E-state index in [1.807, 2.05) is 11.8 Å². The van der Waals surface area contributed by atoms with Crippen LogP contribution in [0.15, 0.2) is 18.2 Å². The van der Waals surface area contributed by atoms with Crippen LogP contribution in [0.5, 0.6) is 0 Å². The zero-order chi connectivity index (χ0) is 13.2. The Labute approximate surface area is 116 Å². The predicted octanol–water partition coefficient (Wildman–Crippen LogP) is 3.14. The lowest BCUT2D eigenvalue weighted by atomic mass is 9.91. The molecule has 2 nitrogen and oxygen atoms in total. The normalized spacial score (nSPS) is 25.3. The van der Waals surface area contributed by atoms with E-state index in [1.54, 1.807) is 6.07 Å². The van der Waals surface area contributed by atoms with Crippen LogP contribution in [-0.4, -0.2) is 16.5 Å². The summed E-state index contributed by atoms with van der Waals surface area (Å²) < 4.78 is 13.4. The van der Waals surface area contributed by atoms with E-state index in [-0.39, 0.29) is 16.6 Å². The van der Waals surface area contributed by atoms with Crippen LogP contribution in [0.4, 0.5) is 4.39 Å². The summed E-state index contributed by atoms with van der Waals surface area (Å²) in [6, 6.07) is 4.58. The molecule has 5 heteroatoms. The average molecular weight is 289 g/mol. The Bertz CT molecular complexity index is 421. The third-order valence-corrected chi connectivity index (χ3v) is 5.63. The highest BCUT2D eigenvalue weighted by Gasteiger charge is 2.37. The standard InChI is InChI=1S/C13H18ClFN2S/c1-13(5-2-6-18-13)12(17-16)8-9-7-10(15)3-4-11(9)14/h3-4,7,12,17H,2,5-6,8,16H2,1H3. The van der Waals surface area contributed by atoms with Crippen molar-refractivity contribution >= 4 is 23.4 Å². The average Bonchev–Trinajstić information content (AvgIpc) is 2.78. The zero-order valence-electron chi connectivity index (χ0n) is 10.4. The van der Waals surface area contributed by atoms with Gasteiger partial charge < -0.3 is 0 Å². The highest BCUT2D eigenvalue weighted by atomic mass is 35.5. The van der Waals surface area contributed by atoms with Gasteiger partial charge in [0.05, 0.1) is 0 Å². The monoisotopic (exact) mass is 288 g/mol. The molecule has 1 aliphatic rings. The molecule has 1 heterocycles. The molecule has 0 aromatic heterocycles. The Morgan fingerprint density at radius 1 is 1.61 bits per heavy atom. The molecule has 2 rings (SSSR count). The van der Waals surface area contributed by atoms with Crippen molar-refractivity contribution in [2.75, 3.05) is 5.75 Å². The van der Waals surface area contributed by atoms with Crippen molar-refractivity contribution in [3.05, 3.63) is 34.6 Å². The molecule has 0 spiro atoms. The van der Waals surface area contributed by atoms with E-state index in [0.29, 0.717) is 11.4 Å². The summed E-state index contributed by atoms with van der Waals surface area (Å²) in [7, 11) is 0. The second kappa shape index (κ2) is 5.78. The van der Waals surface area contributed by atoms with E-state index < -0.39 is 0 Å². The summed E-state index contributed by atoms with van der Waals surface area (Å²) in [6.45, 7) is 2.21. The maximum Gasteiger partial charge on any atom is 0.123 e. The largest absolute Gasteiger partial charge is 0.271 e. The summed E-state index contributed by atoms with van der Waals surface area (Å²) in [4.78, 5) is 0. The highest BCUT2D eigenvalue weighted by Crippen LogP contribution is 2.41. The molecule has 0 saturated carbocycles. The Kier molecular flexibility index (Phi) is 4.54. The number of thioether (sulfide) groups is 1. The second-order valence-corrected chi connectivity index (χ2v) is 6.96. The van der Waals surface area contributed by atoms with Gasteiger partial charge >= 0.3 is 0 Å². The van der Waals surface area contributed by atoms with Crippen LogP contribution in [0.1, 0.15) is 25.3 Å². The molecule has 100 valence electrons. The Morgan fingerprint density at radius 3 is 3.00 bits per heavy atom. The fourth-order valence-corrected chi connectivity index (χ4v) is 4.04. The van der Waals surface area contributed by atoms with E-state index in [4.69, 9.17) is 17.4 Å². The van der Waals surface area contributed by atoms with Gasteiger partial charge in [0.1, 0.15) is 5.82 Å². The zero-order valence-corrected chi connectivity index (χ0v) is 12.0. The van der Waals surface area contributed by atoms with Crippen molar-refractivity contribution in [2.45, 2.75) is 37.0 Å². The predicted molar refractivity (Wildman–Crippen MR) is 76.3 cm³/mol. The van der Waals surface area contributed by atoms with Gasteiger partial charge in [-0.1, -0.05) is 11.6 Å².